The summed E-state index contributed by atoms with van der Waals surface area (Å²) in [6.07, 6.45) is -1.27. The predicted molar refractivity (Wildman–Crippen MR) is 81.8 cm³/mol. The number of aromatic carboxylic acids is 1. The quantitative estimate of drug-likeness (QED) is 0.755. The Kier molecular flexibility index (Phi) is 4.98. The van der Waals surface area contributed by atoms with Crippen molar-refractivity contribution in [2.75, 3.05) is 7.11 Å². The number of aromatic hydroxyl groups is 1. The molecule has 0 spiro atoms. The maximum absolute atomic E-state index is 11.5. The van der Waals surface area contributed by atoms with Gasteiger partial charge in [0, 0.05) is 18.6 Å². The smallest absolute Gasteiger partial charge is 0.335 e. The molecule has 0 aliphatic heterocycles. The minimum Gasteiger partial charge on any atom is -0.508 e. The number of phenolic OH excluding ortho intramolecular Hbond substituents is 1. The molecule has 0 aliphatic rings. The van der Waals surface area contributed by atoms with Crippen molar-refractivity contribution in [3.8, 4) is 5.75 Å². The minimum atomic E-state index is -1.27. The number of benzene rings is 2. The van der Waals surface area contributed by atoms with Crippen LogP contribution in [0.3, 0.4) is 0 Å². The van der Waals surface area contributed by atoms with Gasteiger partial charge in [-0.2, -0.15) is 0 Å². The van der Waals surface area contributed by atoms with Gasteiger partial charge in [-0.05, 0) is 23.8 Å². The maximum Gasteiger partial charge on any atom is 0.335 e. The Labute approximate surface area is 132 Å². The highest BCUT2D eigenvalue weighted by Crippen LogP contribution is 2.35. The third-order valence-corrected chi connectivity index (χ3v) is 3.57. The molecule has 0 saturated carbocycles. The van der Waals surface area contributed by atoms with Crippen LogP contribution in [-0.4, -0.2) is 40.5 Å². The molecular weight excluding hydrogens is 300 g/mol. The van der Waals surface area contributed by atoms with Crippen molar-refractivity contribution in [1.82, 2.24) is 0 Å². The van der Waals surface area contributed by atoms with Crippen molar-refractivity contribution in [2.24, 2.45) is 0 Å². The van der Waals surface area contributed by atoms with E-state index in [1.54, 1.807) is 30.3 Å². The van der Waals surface area contributed by atoms with Gasteiger partial charge in [-0.1, -0.05) is 30.3 Å². The number of rotatable bonds is 6. The van der Waals surface area contributed by atoms with Gasteiger partial charge >= 0.3 is 11.9 Å². The third-order valence-electron chi connectivity index (χ3n) is 3.57. The van der Waals surface area contributed by atoms with Gasteiger partial charge in [0.1, 0.15) is 5.75 Å². The summed E-state index contributed by atoms with van der Waals surface area (Å²) < 4.78 is 5.08. The first-order chi connectivity index (χ1) is 11.0. The second-order valence-electron chi connectivity index (χ2n) is 4.96. The monoisotopic (exact) mass is 316 g/mol. The van der Waals surface area contributed by atoms with Crippen LogP contribution in [0.2, 0.25) is 0 Å². The summed E-state index contributed by atoms with van der Waals surface area (Å²) in [4.78, 5) is 22.7. The lowest BCUT2D eigenvalue weighted by atomic mass is 9.85. The van der Waals surface area contributed by atoms with Gasteiger partial charge in [-0.15, -0.1) is 0 Å². The Morgan fingerprint density at radius 1 is 1.04 bits per heavy atom. The first-order valence-corrected chi connectivity index (χ1v) is 6.82. The van der Waals surface area contributed by atoms with Gasteiger partial charge in [-0.25, -0.2) is 9.59 Å². The Hall–Kier alpha value is -2.86. The molecule has 6 nitrogen and oxygen atoms in total. The molecular formula is C17H16O6. The molecule has 0 aliphatic carbocycles. The first-order valence-electron chi connectivity index (χ1n) is 6.82. The summed E-state index contributed by atoms with van der Waals surface area (Å²) >= 11 is 0. The molecule has 23 heavy (non-hydrogen) atoms. The van der Waals surface area contributed by atoms with Crippen LogP contribution >= 0.6 is 0 Å². The molecule has 6 heteroatoms. The molecule has 0 fully saturated rings. The van der Waals surface area contributed by atoms with Crippen molar-refractivity contribution in [3.63, 3.8) is 0 Å². The van der Waals surface area contributed by atoms with E-state index >= 15 is 0 Å². The third kappa shape index (κ3) is 3.49. The highest BCUT2D eigenvalue weighted by Gasteiger charge is 2.33. The van der Waals surface area contributed by atoms with E-state index in [9.17, 15) is 19.8 Å². The zero-order valence-corrected chi connectivity index (χ0v) is 12.3. The highest BCUT2D eigenvalue weighted by atomic mass is 16.5. The number of carboxylic acids is 2. The highest BCUT2D eigenvalue weighted by molar-refractivity contribution is 5.88. The molecule has 0 unspecified atom stereocenters. The van der Waals surface area contributed by atoms with Crippen molar-refractivity contribution in [3.05, 3.63) is 65.2 Å². The van der Waals surface area contributed by atoms with E-state index in [2.05, 4.69) is 0 Å². The average Bonchev–Trinajstić information content (AvgIpc) is 2.53. The lowest BCUT2D eigenvalue weighted by molar-refractivity contribution is -0.149. The Balaban J connectivity index is 2.65. The van der Waals surface area contributed by atoms with Crippen LogP contribution in [0.1, 0.15) is 27.4 Å². The number of carboxylic acid groups (broad SMARTS) is 2. The van der Waals surface area contributed by atoms with Crippen LogP contribution in [0.25, 0.3) is 0 Å². The van der Waals surface area contributed by atoms with E-state index in [0.29, 0.717) is 5.56 Å². The van der Waals surface area contributed by atoms with Gasteiger partial charge < -0.3 is 20.1 Å². The Bertz CT molecular complexity index is 710. The molecule has 120 valence electrons. The second kappa shape index (κ2) is 6.93. The molecule has 0 heterocycles. The first kappa shape index (κ1) is 16.5. The van der Waals surface area contributed by atoms with Gasteiger partial charge in [0.05, 0.1) is 5.56 Å². The largest absolute Gasteiger partial charge is 0.508 e. The van der Waals surface area contributed by atoms with Crippen LogP contribution in [0.15, 0.2) is 48.5 Å². The molecule has 2 rings (SSSR count). The molecule has 3 N–H and O–H groups in total. The topological polar surface area (TPSA) is 104 Å². The molecule has 2 aromatic rings. The lowest BCUT2D eigenvalue weighted by Crippen LogP contribution is -2.31. The van der Waals surface area contributed by atoms with E-state index in [0.717, 1.165) is 0 Å². The SMILES string of the molecule is CO[C@H](C(=O)O)[C@H](c1ccccc1)c1cc(C(=O)O)ccc1O. The number of aliphatic carboxylic acids is 1. The summed E-state index contributed by atoms with van der Waals surface area (Å²) in [6.45, 7) is 0. The van der Waals surface area contributed by atoms with E-state index in [-0.39, 0.29) is 16.9 Å². The molecule has 0 amide bonds. The molecule has 2 aromatic carbocycles. The van der Waals surface area contributed by atoms with Crippen molar-refractivity contribution < 1.29 is 29.6 Å². The van der Waals surface area contributed by atoms with Gasteiger partial charge in [0.2, 0.25) is 0 Å². The van der Waals surface area contributed by atoms with Crippen molar-refractivity contribution >= 4 is 11.9 Å². The van der Waals surface area contributed by atoms with Gasteiger partial charge in [0.15, 0.2) is 6.10 Å². The van der Waals surface area contributed by atoms with Crippen LogP contribution in [0.4, 0.5) is 0 Å². The predicted octanol–water partition coefficient (Wildman–Crippen LogP) is 2.32. The van der Waals surface area contributed by atoms with E-state index in [1.807, 2.05) is 0 Å². The number of phenols is 1. The Morgan fingerprint density at radius 2 is 1.70 bits per heavy atom. The molecule has 0 bridgehead atoms. The molecule has 2 atom stereocenters. The van der Waals surface area contributed by atoms with Gasteiger partial charge in [-0.3, -0.25) is 0 Å². The summed E-state index contributed by atoms with van der Waals surface area (Å²) in [5, 5.41) is 28.7. The molecule has 0 aromatic heterocycles. The van der Waals surface area contributed by atoms with Crippen molar-refractivity contribution in [2.45, 2.75) is 12.0 Å². The van der Waals surface area contributed by atoms with E-state index < -0.39 is 24.0 Å². The average molecular weight is 316 g/mol. The number of hydrogen-bond acceptors (Lipinski definition) is 4. The van der Waals surface area contributed by atoms with Crippen LogP contribution in [0.5, 0.6) is 5.75 Å². The fourth-order valence-corrected chi connectivity index (χ4v) is 2.49. The van der Waals surface area contributed by atoms with Crippen LogP contribution < -0.4 is 0 Å². The normalized spacial score (nSPS) is 13.3. The summed E-state index contributed by atoms with van der Waals surface area (Å²) in [5.74, 6) is -3.41. The van der Waals surface area contributed by atoms with E-state index in [4.69, 9.17) is 9.84 Å². The zero-order chi connectivity index (χ0) is 17.0. The molecule has 0 saturated heterocycles. The second-order valence-corrected chi connectivity index (χ2v) is 4.96. The van der Waals surface area contributed by atoms with Crippen LogP contribution in [0, 0.1) is 0 Å². The summed E-state index contributed by atoms with van der Waals surface area (Å²) in [5.41, 5.74) is 0.740. The zero-order valence-electron chi connectivity index (χ0n) is 12.3. The maximum atomic E-state index is 11.5. The number of methoxy groups -OCH3 is 1. The molecule has 0 radical (unpaired) electrons. The fraction of sp³-hybridized carbons (Fsp3) is 0.176. The number of ether oxygens (including phenoxy) is 1. The summed E-state index contributed by atoms with van der Waals surface area (Å²) in [6, 6.07) is 12.4. The number of hydrogen-bond donors (Lipinski definition) is 3. The van der Waals surface area contributed by atoms with Gasteiger partial charge in [0.25, 0.3) is 0 Å². The van der Waals surface area contributed by atoms with Crippen molar-refractivity contribution in [1.29, 1.82) is 0 Å². The Morgan fingerprint density at radius 3 is 2.22 bits per heavy atom. The standard InChI is InChI=1S/C17H16O6/c1-23-15(17(21)22)14(10-5-3-2-4-6-10)12-9-11(16(19)20)7-8-13(12)18/h2-9,14-15,18H,1H3,(H,19,20)(H,21,22)/t14-,15+/m1/s1. The lowest BCUT2D eigenvalue weighted by Gasteiger charge is -2.24. The summed E-state index contributed by atoms with van der Waals surface area (Å²) in [7, 11) is 1.26. The van der Waals surface area contributed by atoms with E-state index in [1.165, 1.54) is 25.3 Å². The number of carbonyl (C=O) groups is 2. The minimum absolute atomic E-state index is 0.0426. The van der Waals surface area contributed by atoms with Crippen LogP contribution in [-0.2, 0) is 9.53 Å². The fourth-order valence-electron chi connectivity index (χ4n) is 2.49.